The monoisotopic (exact) mass is 476 g/mol. The van der Waals surface area contributed by atoms with E-state index in [-0.39, 0.29) is 29.3 Å². The topological polar surface area (TPSA) is 104 Å². The highest BCUT2D eigenvalue weighted by Crippen LogP contribution is 2.23. The molecule has 0 atom stereocenters. The minimum atomic E-state index is -3.41. The van der Waals surface area contributed by atoms with Crippen LogP contribution in [0.2, 0.25) is 0 Å². The van der Waals surface area contributed by atoms with Gasteiger partial charge in [-0.2, -0.15) is 4.99 Å². The van der Waals surface area contributed by atoms with Gasteiger partial charge in [0.1, 0.15) is 12.3 Å². The molecule has 0 unspecified atom stereocenters. The van der Waals surface area contributed by atoms with Crippen molar-refractivity contribution in [3.8, 4) is 5.75 Å². The van der Waals surface area contributed by atoms with Crippen LogP contribution in [0.5, 0.6) is 5.75 Å². The summed E-state index contributed by atoms with van der Waals surface area (Å²) in [5.74, 6) is -0.303. The normalized spacial score (nSPS) is 12.2. The predicted molar refractivity (Wildman–Crippen MR) is 122 cm³/mol. The molecule has 0 aliphatic carbocycles. The minimum Gasteiger partial charge on any atom is -0.496 e. The van der Waals surface area contributed by atoms with E-state index in [0.717, 1.165) is 23.2 Å². The summed E-state index contributed by atoms with van der Waals surface area (Å²) in [6.45, 7) is 3.70. The van der Waals surface area contributed by atoms with Crippen LogP contribution < -0.4 is 9.54 Å². The van der Waals surface area contributed by atoms with Crippen molar-refractivity contribution in [3.63, 3.8) is 0 Å². The summed E-state index contributed by atoms with van der Waals surface area (Å²) in [4.78, 5) is 29.6. The summed E-state index contributed by atoms with van der Waals surface area (Å²) in [5.41, 5.74) is 2.29. The van der Waals surface area contributed by atoms with Crippen molar-refractivity contribution in [1.82, 2.24) is 4.57 Å². The quantitative estimate of drug-likeness (QED) is 0.486. The Morgan fingerprint density at radius 3 is 2.56 bits per heavy atom. The molecule has 3 rings (SSSR count). The van der Waals surface area contributed by atoms with Crippen molar-refractivity contribution >= 4 is 43.3 Å². The lowest BCUT2D eigenvalue weighted by Gasteiger charge is -2.08. The van der Waals surface area contributed by atoms with Gasteiger partial charge in [-0.05, 0) is 38.1 Å². The predicted octanol–water partition coefficient (Wildman–Crippen LogP) is 2.66. The molecule has 170 valence electrons. The standard InChI is InChI=1S/C22H24N2O6S2/c1-5-30-21(26)13-24-17-8-7-16(32(4,27)28)12-19(17)31-22(24)23-20(25)11-15-10-14(2)6-9-18(15)29-3/h6-10,12H,5,11,13H2,1-4H3. The van der Waals surface area contributed by atoms with Crippen LogP contribution in [0.25, 0.3) is 10.2 Å². The number of methoxy groups -OCH3 is 1. The highest BCUT2D eigenvalue weighted by molar-refractivity contribution is 7.90. The molecule has 1 heterocycles. The first kappa shape index (κ1) is 23.7. The smallest absolute Gasteiger partial charge is 0.326 e. The fourth-order valence-corrected chi connectivity index (χ4v) is 5.02. The van der Waals surface area contributed by atoms with E-state index in [2.05, 4.69) is 4.99 Å². The molecule has 0 spiro atoms. The van der Waals surface area contributed by atoms with Crippen LogP contribution in [0.15, 0.2) is 46.3 Å². The lowest BCUT2D eigenvalue weighted by Crippen LogP contribution is -2.23. The average Bonchev–Trinajstić information content (AvgIpc) is 3.03. The van der Waals surface area contributed by atoms with E-state index in [4.69, 9.17) is 9.47 Å². The number of aromatic nitrogens is 1. The number of hydrogen-bond donors (Lipinski definition) is 0. The molecule has 8 nitrogen and oxygen atoms in total. The molecular formula is C22H24N2O6S2. The maximum absolute atomic E-state index is 12.8. The molecule has 3 aromatic rings. The highest BCUT2D eigenvalue weighted by Gasteiger charge is 2.16. The summed E-state index contributed by atoms with van der Waals surface area (Å²) < 4.78 is 36.4. The number of hydrogen-bond acceptors (Lipinski definition) is 7. The van der Waals surface area contributed by atoms with E-state index in [1.165, 1.54) is 19.2 Å². The van der Waals surface area contributed by atoms with Gasteiger partial charge in [-0.25, -0.2) is 8.42 Å². The van der Waals surface area contributed by atoms with Crippen molar-refractivity contribution in [1.29, 1.82) is 0 Å². The van der Waals surface area contributed by atoms with Crippen molar-refractivity contribution < 1.29 is 27.5 Å². The molecule has 0 fully saturated rings. The molecule has 0 aliphatic heterocycles. The molecule has 0 aliphatic rings. The van der Waals surface area contributed by atoms with Crippen LogP contribution in [0.1, 0.15) is 18.1 Å². The second-order valence-corrected chi connectivity index (χ2v) is 10.2. The molecule has 1 aromatic heterocycles. The third-order valence-corrected chi connectivity index (χ3v) is 6.82. The third kappa shape index (κ3) is 5.43. The number of thiazole rings is 1. The minimum absolute atomic E-state index is 0.0209. The summed E-state index contributed by atoms with van der Waals surface area (Å²) in [7, 11) is -1.87. The van der Waals surface area contributed by atoms with Gasteiger partial charge < -0.3 is 14.0 Å². The molecule has 0 N–H and O–H groups in total. The number of carbonyl (C=O) groups is 2. The zero-order valence-corrected chi connectivity index (χ0v) is 19.9. The van der Waals surface area contributed by atoms with Gasteiger partial charge in [0.2, 0.25) is 0 Å². The van der Waals surface area contributed by atoms with E-state index >= 15 is 0 Å². The van der Waals surface area contributed by atoms with Gasteiger partial charge in [0, 0.05) is 11.8 Å². The summed E-state index contributed by atoms with van der Waals surface area (Å²) >= 11 is 1.14. The molecule has 10 heteroatoms. The highest BCUT2D eigenvalue weighted by atomic mass is 32.2. The van der Waals surface area contributed by atoms with Gasteiger partial charge >= 0.3 is 5.97 Å². The number of aryl methyl sites for hydroxylation is 1. The van der Waals surface area contributed by atoms with E-state index in [9.17, 15) is 18.0 Å². The van der Waals surface area contributed by atoms with Gasteiger partial charge in [0.25, 0.3) is 5.91 Å². The Hall–Kier alpha value is -2.98. The van der Waals surface area contributed by atoms with Crippen LogP contribution >= 0.6 is 11.3 Å². The summed E-state index contributed by atoms with van der Waals surface area (Å²) in [6, 6.07) is 10.1. The Morgan fingerprint density at radius 1 is 1.16 bits per heavy atom. The molecule has 1 amide bonds. The van der Waals surface area contributed by atoms with Crippen molar-refractivity contribution in [2.24, 2.45) is 4.99 Å². The molecule has 0 bridgehead atoms. The number of amides is 1. The largest absolute Gasteiger partial charge is 0.496 e. The van der Waals surface area contributed by atoms with Crippen LogP contribution in [-0.4, -0.2) is 44.8 Å². The van der Waals surface area contributed by atoms with E-state index < -0.39 is 21.7 Å². The van der Waals surface area contributed by atoms with Crippen LogP contribution in [0.3, 0.4) is 0 Å². The maximum atomic E-state index is 12.8. The second kappa shape index (κ2) is 9.66. The van der Waals surface area contributed by atoms with Crippen molar-refractivity contribution in [2.45, 2.75) is 31.7 Å². The zero-order chi connectivity index (χ0) is 23.5. The third-order valence-electron chi connectivity index (χ3n) is 4.67. The Bertz CT molecular complexity index is 1350. The summed E-state index contributed by atoms with van der Waals surface area (Å²) in [6.07, 6.45) is 1.14. The first-order valence-corrected chi connectivity index (χ1v) is 12.5. The zero-order valence-electron chi connectivity index (χ0n) is 18.2. The number of nitrogens with zero attached hydrogens (tertiary/aromatic N) is 2. The molecular weight excluding hydrogens is 452 g/mol. The number of sulfone groups is 1. The Morgan fingerprint density at radius 2 is 1.91 bits per heavy atom. The average molecular weight is 477 g/mol. The molecule has 0 saturated carbocycles. The number of fused-ring (bicyclic) bond motifs is 1. The van der Waals surface area contributed by atoms with Gasteiger partial charge in [-0.15, -0.1) is 0 Å². The second-order valence-electron chi connectivity index (χ2n) is 7.18. The first-order valence-electron chi connectivity index (χ1n) is 9.82. The first-order chi connectivity index (χ1) is 15.1. The number of rotatable bonds is 7. The van der Waals surface area contributed by atoms with E-state index in [0.29, 0.717) is 21.5 Å². The molecule has 32 heavy (non-hydrogen) atoms. The van der Waals surface area contributed by atoms with Crippen LogP contribution in [0.4, 0.5) is 0 Å². The Balaban J connectivity index is 2.08. The lowest BCUT2D eigenvalue weighted by molar-refractivity contribution is -0.143. The van der Waals surface area contributed by atoms with E-state index in [1.807, 2.05) is 19.1 Å². The fourth-order valence-electron chi connectivity index (χ4n) is 3.21. The number of esters is 1. The van der Waals surface area contributed by atoms with Gasteiger partial charge in [-0.3, -0.25) is 9.59 Å². The maximum Gasteiger partial charge on any atom is 0.326 e. The summed E-state index contributed by atoms with van der Waals surface area (Å²) in [5, 5.41) is 0. The van der Waals surface area contributed by atoms with Crippen molar-refractivity contribution in [2.75, 3.05) is 20.0 Å². The van der Waals surface area contributed by atoms with Crippen molar-refractivity contribution in [3.05, 3.63) is 52.3 Å². The van der Waals surface area contributed by atoms with Gasteiger partial charge in [0.15, 0.2) is 14.6 Å². The molecule has 0 radical (unpaired) electrons. The Kier molecular flexibility index (Phi) is 7.15. The lowest BCUT2D eigenvalue weighted by atomic mass is 10.1. The fraction of sp³-hybridized carbons (Fsp3) is 0.318. The van der Waals surface area contributed by atoms with E-state index in [1.54, 1.807) is 23.6 Å². The number of carbonyl (C=O) groups excluding carboxylic acids is 2. The van der Waals surface area contributed by atoms with Gasteiger partial charge in [0.05, 0.1) is 35.2 Å². The Labute approximate surface area is 190 Å². The molecule has 0 saturated heterocycles. The number of ether oxygens (including phenoxy) is 2. The van der Waals surface area contributed by atoms with Gasteiger partial charge in [-0.1, -0.05) is 29.0 Å². The molecule has 2 aromatic carbocycles. The van der Waals surface area contributed by atoms with Crippen LogP contribution in [-0.2, 0) is 37.1 Å². The SMILES string of the molecule is CCOC(=O)Cn1c(=NC(=O)Cc2cc(C)ccc2OC)sc2cc(S(C)(=O)=O)ccc21. The number of benzene rings is 2. The van der Waals surface area contributed by atoms with Crippen LogP contribution in [0, 0.1) is 6.92 Å².